The first-order valence-corrected chi connectivity index (χ1v) is 5.50. The zero-order valence-electron chi connectivity index (χ0n) is 9.88. The first kappa shape index (κ1) is 13.4. The summed E-state index contributed by atoms with van der Waals surface area (Å²) in [6.07, 6.45) is 0.931. The molecular formula is C11H23NO2. The highest BCUT2D eigenvalue weighted by atomic mass is 16.5. The summed E-state index contributed by atoms with van der Waals surface area (Å²) >= 11 is 0. The second-order valence-electron chi connectivity index (χ2n) is 3.70. The molecular weight excluding hydrogens is 178 g/mol. The minimum Gasteiger partial charge on any atom is -0.465 e. The molecule has 3 nitrogen and oxygen atoms in total. The van der Waals surface area contributed by atoms with Crippen molar-refractivity contribution in [2.45, 2.75) is 34.1 Å². The van der Waals surface area contributed by atoms with Crippen LogP contribution in [0.25, 0.3) is 0 Å². The van der Waals surface area contributed by atoms with Crippen molar-refractivity contribution >= 4 is 5.97 Å². The van der Waals surface area contributed by atoms with Crippen LogP contribution < -0.4 is 0 Å². The monoisotopic (exact) mass is 201 g/mol. The third-order valence-electron chi connectivity index (χ3n) is 2.23. The molecule has 0 aliphatic carbocycles. The zero-order chi connectivity index (χ0) is 11.0. The Bertz CT molecular complexity index is 153. The normalized spacial score (nSPS) is 11.0. The maximum Gasteiger partial charge on any atom is 0.308 e. The lowest BCUT2D eigenvalue weighted by Crippen LogP contribution is -2.25. The topological polar surface area (TPSA) is 29.5 Å². The molecule has 0 aliphatic heterocycles. The molecule has 3 heteroatoms. The molecule has 0 bridgehead atoms. The number of esters is 1. The lowest BCUT2D eigenvalue weighted by molar-refractivity contribution is -0.147. The molecule has 0 heterocycles. The van der Waals surface area contributed by atoms with Gasteiger partial charge in [0.15, 0.2) is 0 Å². The summed E-state index contributed by atoms with van der Waals surface area (Å²) in [6, 6.07) is 0. The molecule has 0 saturated carbocycles. The molecule has 0 aliphatic rings. The minimum atomic E-state index is -0.0930. The van der Waals surface area contributed by atoms with Gasteiger partial charge in [-0.05, 0) is 19.5 Å². The smallest absolute Gasteiger partial charge is 0.308 e. The van der Waals surface area contributed by atoms with Gasteiger partial charge < -0.3 is 9.64 Å². The van der Waals surface area contributed by atoms with Gasteiger partial charge >= 0.3 is 5.97 Å². The molecule has 14 heavy (non-hydrogen) atoms. The van der Waals surface area contributed by atoms with Crippen LogP contribution in [-0.4, -0.2) is 37.1 Å². The Balaban J connectivity index is 3.41. The third kappa shape index (κ3) is 5.97. The summed E-state index contributed by atoms with van der Waals surface area (Å²) in [5.74, 6) is -0.104. The van der Waals surface area contributed by atoms with Crippen LogP contribution in [0.5, 0.6) is 0 Å². The van der Waals surface area contributed by atoms with Crippen LogP contribution in [0.4, 0.5) is 0 Å². The van der Waals surface area contributed by atoms with E-state index in [0.29, 0.717) is 6.61 Å². The first-order chi connectivity index (χ1) is 6.61. The van der Waals surface area contributed by atoms with E-state index < -0.39 is 0 Å². The van der Waals surface area contributed by atoms with Crippen LogP contribution in [0, 0.1) is 5.92 Å². The minimum absolute atomic E-state index is 0.0107. The van der Waals surface area contributed by atoms with Crippen molar-refractivity contribution in [2.75, 3.05) is 26.2 Å². The number of carbonyl (C=O) groups excluding carboxylic acids is 1. The van der Waals surface area contributed by atoms with Crippen LogP contribution in [0.1, 0.15) is 34.1 Å². The molecule has 0 fully saturated rings. The molecule has 0 radical (unpaired) electrons. The second kappa shape index (κ2) is 7.80. The summed E-state index contributed by atoms with van der Waals surface area (Å²) < 4.78 is 5.08. The summed E-state index contributed by atoms with van der Waals surface area (Å²) in [4.78, 5) is 13.4. The number of rotatable bonds is 7. The number of hydrogen-bond donors (Lipinski definition) is 0. The van der Waals surface area contributed by atoms with Crippen LogP contribution in [-0.2, 0) is 9.53 Å². The molecule has 0 aromatic heterocycles. The van der Waals surface area contributed by atoms with E-state index in [0.717, 1.165) is 26.1 Å². The van der Waals surface area contributed by atoms with E-state index >= 15 is 0 Å². The molecule has 84 valence electrons. The summed E-state index contributed by atoms with van der Waals surface area (Å²) in [5.41, 5.74) is 0. The van der Waals surface area contributed by atoms with Gasteiger partial charge in [0, 0.05) is 6.54 Å². The van der Waals surface area contributed by atoms with Crippen LogP contribution in [0.15, 0.2) is 0 Å². The fourth-order valence-electron chi connectivity index (χ4n) is 1.17. The molecule has 0 amide bonds. The van der Waals surface area contributed by atoms with E-state index in [4.69, 9.17) is 4.74 Å². The van der Waals surface area contributed by atoms with Crippen molar-refractivity contribution in [3.63, 3.8) is 0 Å². The Morgan fingerprint density at radius 1 is 1.29 bits per heavy atom. The molecule has 0 atom stereocenters. The summed E-state index contributed by atoms with van der Waals surface area (Å²) in [5, 5.41) is 0. The van der Waals surface area contributed by atoms with Gasteiger partial charge in [-0.15, -0.1) is 0 Å². The molecule has 0 rings (SSSR count). The van der Waals surface area contributed by atoms with Crippen molar-refractivity contribution in [3.05, 3.63) is 0 Å². The van der Waals surface area contributed by atoms with E-state index in [2.05, 4.69) is 18.7 Å². The SMILES string of the molecule is CCN(CC)CCCOC(=O)C(C)C. The largest absolute Gasteiger partial charge is 0.465 e. The average molecular weight is 201 g/mol. The maximum absolute atomic E-state index is 11.1. The van der Waals surface area contributed by atoms with E-state index in [9.17, 15) is 4.79 Å². The first-order valence-electron chi connectivity index (χ1n) is 5.50. The predicted octanol–water partition coefficient (Wildman–Crippen LogP) is 1.92. The number of hydrogen-bond acceptors (Lipinski definition) is 3. The van der Waals surface area contributed by atoms with E-state index in [-0.39, 0.29) is 11.9 Å². The zero-order valence-corrected chi connectivity index (χ0v) is 9.88. The Kier molecular flexibility index (Phi) is 7.48. The van der Waals surface area contributed by atoms with E-state index in [1.165, 1.54) is 0 Å². The highest BCUT2D eigenvalue weighted by molar-refractivity contribution is 5.71. The Hall–Kier alpha value is -0.570. The van der Waals surface area contributed by atoms with Gasteiger partial charge in [0.2, 0.25) is 0 Å². The second-order valence-corrected chi connectivity index (χ2v) is 3.70. The molecule has 0 unspecified atom stereocenters. The average Bonchev–Trinajstić information content (AvgIpc) is 2.17. The van der Waals surface area contributed by atoms with E-state index in [1.54, 1.807) is 0 Å². The number of nitrogens with zero attached hydrogens (tertiary/aromatic N) is 1. The van der Waals surface area contributed by atoms with Crippen molar-refractivity contribution in [1.29, 1.82) is 0 Å². The molecule has 0 spiro atoms. The van der Waals surface area contributed by atoms with Gasteiger partial charge in [-0.3, -0.25) is 4.79 Å². The van der Waals surface area contributed by atoms with Crippen molar-refractivity contribution in [3.8, 4) is 0 Å². The fourth-order valence-corrected chi connectivity index (χ4v) is 1.17. The lowest BCUT2D eigenvalue weighted by Gasteiger charge is -2.17. The molecule has 0 aromatic carbocycles. The van der Waals surface area contributed by atoms with Gasteiger partial charge in [-0.25, -0.2) is 0 Å². The number of ether oxygens (including phenoxy) is 1. The highest BCUT2D eigenvalue weighted by Gasteiger charge is 2.07. The van der Waals surface area contributed by atoms with Crippen LogP contribution in [0.3, 0.4) is 0 Å². The number of carbonyl (C=O) groups is 1. The molecule has 0 N–H and O–H groups in total. The third-order valence-corrected chi connectivity index (χ3v) is 2.23. The summed E-state index contributed by atoms with van der Waals surface area (Å²) in [7, 11) is 0. The van der Waals surface area contributed by atoms with Gasteiger partial charge in [0.25, 0.3) is 0 Å². The lowest BCUT2D eigenvalue weighted by atomic mass is 10.2. The quantitative estimate of drug-likeness (QED) is 0.465. The molecule has 0 aromatic rings. The molecule has 0 saturated heterocycles. The van der Waals surface area contributed by atoms with Crippen molar-refractivity contribution in [2.24, 2.45) is 5.92 Å². The summed E-state index contributed by atoms with van der Waals surface area (Å²) in [6.45, 7) is 11.7. The van der Waals surface area contributed by atoms with Crippen molar-refractivity contribution < 1.29 is 9.53 Å². The fraction of sp³-hybridized carbons (Fsp3) is 0.909. The van der Waals surface area contributed by atoms with Gasteiger partial charge in [0.1, 0.15) is 0 Å². The van der Waals surface area contributed by atoms with Crippen molar-refractivity contribution in [1.82, 2.24) is 4.90 Å². The standard InChI is InChI=1S/C11H23NO2/c1-5-12(6-2)8-7-9-14-11(13)10(3)4/h10H,5-9H2,1-4H3. The Labute approximate surface area is 87.4 Å². The van der Waals surface area contributed by atoms with E-state index in [1.807, 2.05) is 13.8 Å². The Morgan fingerprint density at radius 3 is 2.29 bits per heavy atom. The van der Waals surface area contributed by atoms with Gasteiger partial charge in [0.05, 0.1) is 12.5 Å². The van der Waals surface area contributed by atoms with Crippen LogP contribution >= 0.6 is 0 Å². The predicted molar refractivity (Wildman–Crippen MR) is 58.2 cm³/mol. The van der Waals surface area contributed by atoms with Gasteiger partial charge in [-0.2, -0.15) is 0 Å². The Morgan fingerprint density at radius 2 is 1.86 bits per heavy atom. The highest BCUT2D eigenvalue weighted by Crippen LogP contribution is 1.97. The maximum atomic E-state index is 11.1. The van der Waals surface area contributed by atoms with Gasteiger partial charge in [-0.1, -0.05) is 27.7 Å². The van der Waals surface area contributed by atoms with Crippen LogP contribution in [0.2, 0.25) is 0 Å².